The smallest absolute Gasteiger partial charge is 0.303 e. The van der Waals surface area contributed by atoms with Gasteiger partial charge in [-0.3, -0.25) is 14.2 Å². The number of rotatable bonds is 5. The lowest BCUT2D eigenvalue weighted by Gasteiger charge is -2.27. The van der Waals surface area contributed by atoms with Crippen molar-refractivity contribution in [2.45, 2.75) is 38.4 Å². The molecule has 0 amide bonds. The van der Waals surface area contributed by atoms with E-state index >= 15 is 0 Å². The number of nitrogens with zero attached hydrogens (tertiary/aromatic N) is 5. The van der Waals surface area contributed by atoms with Crippen LogP contribution in [-0.2, 0) is 28.5 Å². The zero-order valence-corrected chi connectivity index (χ0v) is 16.6. The van der Waals surface area contributed by atoms with Crippen molar-refractivity contribution in [3.05, 3.63) is 12.7 Å². The molecule has 2 aliphatic heterocycles. The maximum absolute atomic E-state index is 11.5. The fourth-order valence-corrected chi connectivity index (χ4v) is 3.65. The number of esters is 2. The summed E-state index contributed by atoms with van der Waals surface area (Å²) < 4.78 is 23.1. The van der Waals surface area contributed by atoms with E-state index in [2.05, 4.69) is 19.9 Å². The van der Waals surface area contributed by atoms with Crippen molar-refractivity contribution < 1.29 is 33.6 Å². The maximum Gasteiger partial charge on any atom is 0.303 e. The Bertz CT molecular complexity index is 929. The highest BCUT2D eigenvalue weighted by atomic mass is 16.6. The topological polar surface area (TPSA) is 138 Å². The maximum atomic E-state index is 11.5. The van der Waals surface area contributed by atoms with Gasteiger partial charge in [-0.1, -0.05) is 0 Å². The summed E-state index contributed by atoms with van der Waals surface area (Å²) in [5, 5.41) is 10.8. The predicted molar refractivity (Wildman–Crippen MR) is 100 cm³/mol. The summed E-state index contributed by atoms with van der Waals surface area (Å²) in [5.41, 5.74) is 1.02. The molecule has 0 unspecified atom stereocenters. The summed E-state index contributed by atoms with van der Waals surface area (Å²) in [6.07, 6.45) is -1.08. The first-order chi connectivity index (χ1) is 14.5. The number of aliphatic hydroxyl groups is 1. The second-order valence-corrected chi connectivity index (χ2v) is 7.05. The van der Waals surface area contributed by atoms with Gasteiger partial charge in [-0.15, -0.1) is 0 Å². The molecule has 0 saturated carbocycles. The predicted octanol–water partition coefficient (Wildman–Crippen LogP) is -0.584. The van der Waals surface area contributed by atoms with Crippen molar-refractivity contribution in [1.82, 2.24) is 19.5 Å². The van der Waals surface area contributed by atoms with Crippen LogP contribution in [0.15, 0.2) is 12.7 Å². The van der Waals surface area contributed by atoms with Crippen LogP contribution in [-0.4, -0.2) is 87.8 Å². The van der Waals surface area contributed by atoms with Crippen molar-refractivity contribution in [3.8, 4) is 0 Å². The van der Waals surface area contributed by atoms with E-state index in [0.717, 1.165) is 0 Å². The molecule has 12 nitrogen and oxygen atoms in total. The first kappa shape index (κ1) is 20.4. The Morgan fingerprint density at radius 1 is 1.20 bits per heavy atom. The van der Waals surface area contributed by atoms with Crippen LogP contribution in [0.1, 0.15) is 20.1 Å². The first-order valence-corrected chi connectivity index (χ1v) is 9.60. The second kappa shape index (κ2) is 8.50. The number of anilines is 1. The van der Waals surface area contributed by atoms with Crippen LogP contribution in [0.3, 0.4) is 0 Å². The van der Waals surface area contributed by atoms with E-state index < -0.39 is 36.5 Å². The minimum absolute atomic E-state index is 0.165. The Morgan fingerprint density at radius 3 is 2.67 bits per heavy atom. The molecule has 0 aromatic carbocycles. The number of morpholine rings is 1. The number of aromatic nitrogens is 4. The highest BCUT2D eigenvalue weighted by Gasteiger charge is 2.48. The number of carbonyl (C=O) groups excluding carboxylic acids is 2. The van der Waals surface area contributed by atoms with Gasteiger partial charge in [0.15, 0.2) is 29.3 Å². The number of ether oxygens (including phenoxy) is 4. The lowest BCUT2D eigenvalue weighted by atomic mass is 10.1. The van der Waals surface area contributed by atoms with E-state index in [9.17, 15) is 14.7 Å². The molecule has 30 heavy (non-hydrogen) atoms. The average Bonchev–Trinajstić information content (AvgIpc) is 3.28. The fourth-order valence-electron chi connectivity index (χ4n) is 3.65. The minimum atomic E-state index is -1.21. The van der Waals surface area contributed by atoms with Gasteiger partial charge >= 0.3 is 11.9 Å². The fraction of sp³-hybridized carbons (Fsp3) is 0.611. The number of aliphatic hydroxyl groups excluding tert-OH is 1. The van der Waals surface area contributed by atoms with Crippen LogP contribution >= 0.6 is 0 Å². The third-order valence-corrected chi connectivity index (χ3v) is 4.99. The summed E-state index contributed by atoms with van der Waals surface area (Å²) in [7, 11) is 0. The zero-order valence-electron chi connectivity index (χ0n) is 16.6. The average molecular weight is 421 g/mol. The van der Waals surface area contributed by atoms with Crippen molar-refractivity contribution in [2.24, 2.45) is 0 Å². The molecule has 162 valence electrons. The number of hydrogen-bond acceptors (Lipinski definition) is 11. The van der Waals surface area contributed by atoms with Crippen molar-refractivity contribution in [2.75, 3.05) is 37.8 Å². The van der Waals surface area contributed by atoms with E-state index in [0.29, 0.717) is 43.3 Å². The largest absolute Gasteiger partial charge is 0.463 e. The van der Waals surface area contributed by atoms with E-state index in [1.807, 2.05) is 0 Å². The van der Waals surface area contributed by atoms with Crippen LogP contribution in [0, 0.1) is 0 Å². The number of fused-ring (bicyclic) bond motifs is 1. The molecule has 2 aromatic heterocycles. The zero-order chi connectivity index (χ0) is 21.3. The van der Waals surface area contributed by atoms with Gasteiger partial charge < -0.3 is 29.0 Å². The first-order valence-electron chi connectivity index (χ1n) is 9.60. The molecular weight excluding hydrogens is 398 g/mol. The van der Waals surface area contributed by atoms with Gasteiger partial charge in [0, 0.05) is 26.9 Å². The van der Waals surface area contributed by atoms with Gasteiger partial charge in [0.25, 0.3) is 0 Å². The molecule has 0 aliphatic carbocycles. The third kappa shape index (κ3) is 3.93. The van der Waals surface area contributed by atoms with E-state index in [4.69, 9.17) is 18.9 Å². The molecule has 1 N–H and O–H groups in total. The summed E-state index contributed by atoms with van der Waals surface area (Å²) in [4.78, 5) is 37.8. The van der Waals surface area contributed by atoms with Crippen LogP contribution < -0.4 is 4.90 Å². The second-order valence-electron chi connectivity index (χ2n) is 7.05. The molecule has 0 bridgehead atoms. The van der Waals surface area contributed by atoms with Gasteiger partial charge in [-0.05, 0) is 0 Å². The Balaban J connectivity index is 1.64. The van der Waals surface area contributed by atoms with Gasteiger partial charge in [-0.25, -0.2) is 15.0 Å². The molecule has 2 fully saturated rings. The molecule has 2 aliphatic rings. The number of hydrogen-bond donors (Lipinski definition) is 1. The van der Waals surface area contributed by atoms with E-state index in [1.54, 1.807) is 4.57 Å². The summed E-state index contributed by atoms with van der Waals surface area (Å²) in [5.74, 6) is -0.417. The quantitative estimate of drug-likeness (QED) is 0.620. The molecule has 0 radical (unpaired) electrons. The molecular formula is C18H23N5O7. The monoisotopic (exact) mass is 421 g/mol. The van der Waals surface area contributed by atoms with Crippen LogP contribution in [0.25, 0.3) is 11.2 Å². The summed E-state index contributed by atoms with van der Waals surface area (Å²) >= 11 is 0. The SMILES string of the molecule is CC(=O)OC[C@H]1O[C@@H](n2cnc3c(N4CCOCC4)ncnc32)[C@H](O)[C@@H]1OC(C)=O. The molecule has 12 heteroatoms. The van der Waals surface area contributed by atoms with Crippen molar-refractivity contribution in [3.63, 3.8) is 0 Å². The van der Waals surface area contributed by atoms with Crippen LogP contribution in [0.4, 0.5) is 5.82 Å². The molecule has 0 spiro atoms. The Labute approximate surface area is 171 Å². The Kier molecular flexibility index (Phi) is 5.79. The van der Waals surface area contributed by atoms with Crippen LogP contribution in [0.5, 0.6) is 0 Å². The summed E-state index contributed by atoms with van der Waals surface area (Å²) in [6, 6.07) is 0. The van der Waals surface area contributed by atoms with E-state index in [-0.39, 0.29) is 6.61 Å². The van der Waals surface area contributed by atoms with Gasteiger partial charge in [0.2, 0.25) is 0 Å². The standard InChI is InChI=1S/C18H23N5O7/c1-10(24)28-7-12-15(29-11(2)25)14(26)18(30-12)23-9-21-13-16(19-8-20-17(13)23)22-3-5-27-6-4-22/h8-9,12,14-15,18,26H,3-7H2,1-2H3/t12-,14-,15-,18-/m1/s1. The lowest BCUT2D eigenvalue weighted by molar-refractivity contribution is -0.157. The highest BCUT2D eigenvalue weighted by Crippen LogP contribution is 2.34. The molecule has 4 heterocycles. The Hall–Kier alpha value is -2.83. The number of imidazole rings is 1. The van der Waals surface area contributed by atoms with Gasteiger partial charge in [0.05, 0.1) is 19.5 Å². The van der Waals surface area contributed by atoms with Crippen LogP contribution in [0.2, 0.25) is 0 Å². The summed E-state index contributed by atoms with van der Waals surface area (Å²) in [6.45, 7) is 4.88. The van der Waals surface area contributed by atoms with Gasteiger partial charge in [-0.2, -0.15) is 0 Å². The molecule has 2 saturated heterocycles. The normalized spacial score (nSPS) is 26.7. The highest BCUT2D eigenvalue weighted by molar-refractivity contribution is 5.83. The number of carbonyl (C=O) groups is 2. The van der Waals surface area contributed by atoms with E-state index in [1.165, 1.54) is 26.5 Å². The Morgan fingerprint density at radius 2 is 1.97 bits per heavy atom. The van der Waals surface area contributed by atoms with Crippen molar-refractivity contribution in [1.29, 1.82) is 0 Å². The molecule has 4 rings (SSSR count). The molecule has 2 aromatic rings. The van der Waals surface area contributed by atoms with Gasteiger partial charge in [0.1, 0.15) is 25.1 Å². The third-order valence-electron chi connectivity index (χ3n) is 4.99. The molecule has 4 atom stereocenters. The minimum Gasteiger partial charge on any atom is -0.463 e. The lowest BCUT2D eigenvalue weighted by Crippen LogP contribution is -2.38. The van der Waals surface area contributed by atoms with Crippen molar-refractivity contribution >= 4 is 28.9 Å².